The minimum Gasteiger partial charge on any atom is -0.284 e. The quantitative estimate of drug-likeness (QED) is 0.542. The second kappa shape index (κ2) is 8.99. The molecule has 1 atom stereocenters. The molecule has 0 aromatic heterocycles. The zero-order valence-electron chi connectivity index (χ0n) is 18.3. The molecule has 3 aromatic rings. The van der Waals surface area contributed by atoms with Gasteiger partial charge in [-0.05, 0) is 49.2 Å². The molecule has 0 radical (unpaired) electrons. The van der Waals surface area contributed by atoms with Crippen LogP contribution in [0, 0.1) is 6.92 Å². The zero-order valence-corrected chi connectivity index (χ0v) is 20.0. The van der Waals surface area contributed by atoms with Crippen LogP contribution in [0.2, 0.25) is 0 Å². The Kier molecular flexibility index (Phi) is 6.27. The normalized spacial score (nSPS) is 16.5. The smallest absolute Gasteiger partial charge is 0.279 e. The van der Waals surface area contributed by atoms with Gasteiger partial charge in [-0.25, -0.2) is 8.42 Å². The maximum Gasteiger partial charge on any atom is 0.279 e. The third kappa shape index (κ3) is 4.94. The summed E-state index contributed by atoms with van der Waals surface area (Å²) in [7, 11) is -7.25. The van der Waals surface area contributed by atoms with Crippen LogP contribution >= 0.6 is 0 Å². The number of nitrogens with one attached hydrogen (secondary N) is 1. The molecule has 172 valence electrons. The minimum absolute atomic E-state index is 0.0218. The molecule has 0 aliphatic carbocycles. The summed E-state index contributed by atoms with van der Waals surface area (Å²) in [6.45, 7) is 3.55. The van der Waals surface area contributed by atoms with Gasteiger partial charge in [0.05, 0.1) is 22.4 Å². The van der Waals surface area contributed by atoms with Gasteiger partial charge >= 0.3 is 0 Å². The van der Waals surface area contributed by atoms with Gasteiger partial charge in [0, 0.05) is 12.1 Å². The van der Waals surface area contributed by atoms with Gasteiger partial charge in [0.1, 0.15) is 0 Å². The number of nitrogens with zero attached hydrogens (tertiary/aromatic N) is 2. The number of aryl methyl sites for hydroxylation is 1. The van der Waals surface area contributed by atoms with E-state index in [9.17, 15) is 16.8 Å². The molecule has 33 heavy (non-hydrogen) atoms. The molecule has 1 aliphatic heterocycles. The monoisotopic (exact) mass is 483 g/mol. The molecule has 7 nitrogen and oxygen atoms in total. The molecule has 0 saturated carbocycles. The molecule has 0 unspecified atom stereocenters. The van der Waals surface area contributed by atoms with Crippen molar-refractivity contribution < 1.29 is 16.8 Å². The van der Waals surface area contributed by atoms with Crippen molar-refractivity contribution in [2.24, 2.45) is 5.10 Å². The Bertz CT molecular complexity index is 1370. The molecule has 0 saturated heterocycles. The lowest BCUT2D eigenvalue weighted by molar-refractivity contribution is 0.371. The van der Waals surface area contributed by atoms with Gasteiger partial charge in [-0.15, -0.1) is 0 Å². The first-order valence-corrected chi connectivity index (χ1v) is 13.6. The summed E-state index contributed by atoms with van der Waals surface area (Å²) in [5, 5.41) is 4.53. The van der Waals surface area contributed by atoms with Crippen molar-refractivity contribution in [2.45, 2.75) is 31.2 Å². The van der Waals surface area contributed by atoms with Gasteiger partial charge < -0.3 is 0 Å². The van der Waals surface area contributed by atoms with Crippen LogP contribution in [0.1, 0.15) is 36.1 Å². The van der Waals surface area contributed by atoms with E-state index in [1.54, 1.807) is 61.5 Å². The SMILES string of the molecule is CCS(=O)(=O)Nc1ccc(C2=NN(S(=O)(=O)c3ccccc3)[C@@H](c3ccc(C)cc3)C2)cc1. The van der Waals surface area contributed by atoms with E-state index in [-0.39, 0.29) is 10.6 Å². The van der Waals surface area contributed by atoms with Crippen molar-refractivity contribution in [3.63, 3.8) is 0 Å². The Hall–Kier alpha value is -3.17. The summed E-state index contributed by atoms with van der Waals surface area (Å²) in [6.07, 6.45) is 0.398. The highest BCUT2D eigenvalue weighted by molar-refractivity contribution is 7.92. The van der Waals surface area contributed by atoms with E-state index in [2.05, 4.69) is 9.82 Å². The van der Waals surface area contributed by atoms with E-state index >= 15 is 0 Å². The number of hydrogen-bond acceptors (Lipinski definition) is 5. The van der Waals surface area contributed by atoms with Crippen LogP contribution in [0.5, 0.6) is 0 Å². The van der Waals surface area contributed by atoms with Crippen LogP contribution in [0.25, 0.3) is 0 Å². The summed E-state index contributed by atoms with van der Waals surface area (Å²) in [4.78, 5) is 0.177. The Morgan fingerprint density at radius 3 is 2.15 bits per heavy atom. The summed E-state index contributed by atoms with van der Waals surface area (Å²) in [5.74, 6) is -0.0218. The van der Waals surface area contributed by atoms with Crippen molar-refractivity contribution in [1.82, 2.24) is 4.41 Å². The largest absolute Gasteiger partial charge is 0.284 e. The first-order chi connectivity index (χ1) is 15.7. The highest BCUT2D eigenvalue weighted by atomic mass is 32.2. The fourth-order valence-corrected chi connectivity index (χ4v) is 5.70. The number of anilines is 1. The lowest BCUT2D eigenvalue weighted by atomic mass is 9.98. The molecular weight excluding hydrogens is 458 g/mol. The van der Waals surface area contributed by atoms with E-state index in [1.807, 2.05) is 31.2 Å². The van der Waals surface area contributed by atoms with Gasteiger partial charge in [0.25, 0.3) is 10.0 Å². The zero-order chi connectivity index (χ0) is 23.6. The minimum atomic E-state index is -3.87. The average molecular weight is 484 g/mol. The van der Waals surface area contributed by atoms with Crippen LogP contribution < -0.4 is 4.72 Å². The Labute approximate surface area is 194 Å². The predicted octanol–water partition coefficient (Wildman–Crippen LogP) is 4.30. The average Bonchev–Trinajstić information content (AvgIpc) is 3.27. The number of rotatable bonds is 7. The Morgan fingerprint density at radius 1 is 0.909 bits per heavy atom. The van der Waals surface area contributed by atoms with Crippen molar-refractivity contribution in [3.05, 3.63) is 95.6 Å². The molecule has 0 fully saturated rings. The lowest BCUT2D eigenvalue weighted by Gasteiger charge is -2.23. The molecule has 0 spiro atoms. The highest BCUT2D eigenvalue weighted by Crippen LogP contribution is 2.37. The molecule has 9 heteroatoms. The first-order valence-electron chi connectivity index (χ1n) is 10.5. The van der Waals surface area contributed by atoms with Crippen molar-refractivity contribution >= 4 is 31.4 Å². The summed E-state index contributed by atoms with van der Waals surface area (Å²) < 4.78 is 54.2. The third-order valence-corrected chi connectivity index (χ3v) is 8.50. The fourth-order valence-electron chi connectivity index (χ4n) is 3.60. The van der Waals surface area contributed by atoms with Gasteiger partial charge in [-0.1, -0.05) is 60.2 Å². The first kappa shape index (κ1) is 23.0. The maximum absolute atomic E-state index is 13.4. The van der Waals surface area contributed by atoms with Crippen LogP contribution in [0.3, 0.4) is 0 Å². The second-order valence-electron chi connectivity index (χ2n) is 7.85. The molecular formula is C24H25N3O4S2. The number of sulfonamides is 2. The van der Waals surface area contributed by atoms with Crippen molar-refractivity contribution in [3.8, 4) is 0 Å². The fraction of sp³-hybridized carbons (Fsp3) is 0.208. The van der Waals surface area contributed by atoms with Gasteiger partial charge in [-0.3, -0.25) is 4.72 Å². The standard InChI is InChI=1S/C24H25N3O4S2/c1-3-32(28,29)26-21-15-13-19(14-16-21)23-17-24(20-11-9-18(2)10-12-20)27(25-23)33(30,31)22-7-5-4-6-8-22/h4-16,24,26H,3,17H2,1-2H3/t24-/m1/s1. The van der Waals surface area contributed by atoms with Gasteiger partial charge in [0.2, 0.25) is 10.0 Å². The van der Waals surface area contributed by atoms with Crippen LogP contribution in [0.4, 0.5) is 5.69 Å². The molecule has 0 amide bonds. The third-order valence-electron chi connectivity index (χ3n) is 5.49. The van der Waals surface area contributed by atoms with Crippen LogP contribution in [0.15, 0.2) is 88.9 Å². The van der Waals surface area contributed by atoms with E-state index in [1.165, 1.54) is 4.41 Å². The molecule has 1 aliphatic rings. The van der Waals surface area contributed by atoms with E-state index in [0.29, 0.717) is 17.8 Å². The molecule has 4 rings (SSSR count). The van der Waals surface area contributed by atoms with Crippen LogP contribution in [-0.4, -0.2) is 32.7 Å². The summed E-state index contributed by atoms with van der Waals surface area (Å²) >= 11 is 0. The van der Waals surface area contributed by atoms with E-state index in [4.69, 9.17) is 0 Å². The molecule has 1 heterocycles. The number of hydrazone groups is 1. The molecule has 3 aromatic carbocycles. The Balaban J connectivity index is 1.71. The van der Waals surface area contributed by atoms with E-state index in [0.717, 1.165) is 16.7 Å². The lowest BCUT2D eigenvalue weighted by Crippen LogP contribution is -2.27. The van der Waals surface area contributed by atoms with E-state index < -0.39 is 26.1 Å². The van der Waals surface area contributed by atoms with Crippen molar-refractivity contribution in [1.29, 1.82) is 0 Å². The molecule has 0 bridgehead atoms. The molecule has 1 N–H and O–H groups in total. The number of benzene rings is 3. The second-order valence-corrected chi connectivity index (χ2v) is 11.7. The van der Waals surface area contributed by atoms with Crippen molar-refractivity contribution in [2.75, 3.05) is 10.5 Å². The predicted molar refractivity (Wildman–Crippen MR) is 130 cm³/mol. The Morgan fingerprint density at radius 2 is 1.55 bits per heavy atom. The highest BCUT2D eigenvalue weighted by Gasteiger charge is 2.37. The van der Waals surface area contributed by atoms with Gasteiger partial charge in [-0.2, -0.15) is 17.9 Å². The van der Waals surface area contributed by atoms with Gasteiger partial charge in [0.15, 0.2) is 0 Å². The van der Waals surface area contributed by atoms with Crippen LogP contribution in [-0.2, 0) is 20.0 Å². The number of hydrogen-bond donors (Lipinski definition) is 1. The topological polar surface area (TPSA) is 95.9 Å². The summed E-state index contributed by atoms with van der Waals surface area (Å²) in [6, 6.07) is 22.3. The summed E-state index contributed by atoms with van der Waals surface area (Å²) in [5.41, 5.74) is 3.73. The maximum atomic E-state index is 13.4.